The van der Waals surface area contributed by atoms with Crippen LogP contribution in [0.5, 0.6) is 0 Å². The summed E-state index contributed by atoms with van der Waals surface area (Å²) in [5, 5.41) is 9.30. The lowest BCUT2D eigenvalue weighted by molar-refractivity contribution is -0.146. The second-order valence-electron chi connectivity index (χ2n) is 7.40. The van der Waals surface area contributed by atoms with Crippen LogP contribution in [0.2, 0.25) is 0 Å². The van der Waals surface area contributed by atoms with Crippen molar-refractivity contribution in [3.8, 4) is 0 Å². The van der Waals surface area contributed by atoms with Crippen molar-refractivity contribution in [2.24, 2.45) is 0 Å². The maximum atomic E-state index is 11.9. The van der Waals surface area contributed by atoms with Crippen molar-refractivity contribution in [1.82, 2.24) is 9.80 Å². The lowest BCUT2D eigenvalue weighted by Gasteiger charge is -2.43. The molecule has 0 aromatic heterocycles. The number of methoxy groups -OCH3 is 1. The van der Waals surface area contributed by atoms with Gasteiger partial charge in [0.05, 0.1) is 12.5 Å². The third kappa shape index (κ3) is 4.12. The van der Waals surface area contributed by atoms with E-state index in [0.29, 0.717) is 13.1 Å². The van der Waals surface area contributed by atoms with Crippen LogP contribution in [0.1, 0.15) is 38.8 Å². The summed E-state index contributed by atoms with van der Waals surface area (Å²) in [5.74, 6) is -0.257. The van der Waals surface area contributed by atoms with E-state index in [2.05, 4.69) is 4.90 Å². The van der Waals surface area contributed by atoms with Gasteiger partial charge in [0.1, 0.15) is 0 Å². The highest BCUT2D eigenvalue weighted by molar-refractivity contribution is 5.82. The van der Waals surface area contributed by atoms with E-state index in [0.717, 1.165) is 17.7 Å². The van der Waals surface area contributed by atoms with Gasteiger partial charge in [0.15, 0.2) is 0 Å². The first-order chi connectivity index (χ1) is 11.7. The number of hydrogen-bond acceptors (Lipinski definition) is 4. The number of rotatable bonds is 4. The zero-order chi connectivity index (χ0) is 18.8. The molecule has 1 amide bonds. The van der Waals surface area contributed by atoms with E-state index < -0.39 is 11.5 Å². The minimum absolute atomic E-state index is 0.0289. The van der Waals surface area contributed by atoms with Crippen LogP contribution in [-0.2, 0) is 21.5 Å². The molecule has 1 aromatic carbocycles. The van der Waals surface area contributed by atoms with Crippen molar-refractivity contribution >= 4 is 12.1 Å². The lowest BCUT2D eigenvalue weighted by Crippen LogP contribution is -2.57. The zero-order valence-electron chi connectivity index (χ0n) is 15.7. The largest absolute Gasteiger partial charge is 0.468 e. The zero-order valence-corrected chi connectivity index (χ0v) is 15.7. The second kappa shape index (κ2) is 7.44. The molecular formula is C19H28N2O4. The number of carbonyl (C=O) groups excluding carboxylic acids is 1. The Labute approximate surface area is 149 Å². The van der Waals surface area contributed by atoms with E-state index in [1.807, 2.05) is 52.0 Å². The monoisotopic (exact) mass is 348 g/mol. The van der Waals surface area contributed by atoms with Gasteiger partial charge in [-0.15, -0.1) is 0 Å². The second-order valence-corrected chi connectivity index (χ2v) is 7.40. The van der Waals surface area contributed by atoms with E-state index in [1.165, 1.54) is 12.0 Å². The average molecular weight is 348 g/mol. The minimum Gasteiger partial charge on any atom is -0.468 e. The molecule has 0 aliphatic carbocycles. The Hall–Kier alpha value is -2.08. The van der Waals surface area contributed by atoms with Crippen LogP contribution in [0, 0.1) is 0 Å². The van der Waals surface area contributed by atoms with Crippen molar-refractivity contribution < 1.29 is 19.4 Å². The molecule has 2 rings (SSSR count). The molecule has 1 saturated heterocycles. The van der Waals surface area contributed by atoms with E-state index in [1.54, 1.807) is 0 Å². The predicted octanol–water partition coefficient (Wildman–Crippen LogP) is 2.71. The highest BCUT2D eigenvalue weighted by Gasteiger charge is 2.33. The number of amides is 1. The fourth-order valence-electron chi connectivity index (χ4n) is 3.60. The van der Waals surface area contributed by atoms with Crippen LogP contribution in [0.4, 0.5) is 4.79 Å². The van der Waals surface area contributed by atoms with Gasteiger partial charge < -0.3 is 14.7 Å². The predicted molar refractivity (Wildman–Crippen MR) is 95.5 cm³/mol. The van der Waals surface area contributed by atoms with Gasteiger partial charge in [0.25, 0.3) is 0 Å². The molecule has 0 radical (unpaired) electrons. The molecular weight excluding hydrogens is 320 g/mol. The molecule has 1 fully saturated rings. The van der Waals surface area contributed by atoms with Gasteiger partial charge in [-0.1, -0.05) is 24.3 Å². The molecule has 6 heteroatoms. The fraction of sp³-hybridized carbons (Fsp3) is 0.579. The number of nitrogens with zero attached hydrogens (tertiary/aromatic N) is 2. The Morgan fingerprint density at radius 2 is 1.68 bits per heavy atom. The Morgan fingerprint density at radius 3 is 2.12 bits per heavy atom. The number of carboxylic acid groups (broad SMARTS) is 1. The first-order valence-corrected chi connectivity index (χ1v) is 8.58. The summed E-state index contributed by atoms with van der Waals surface area (Å²) in [4.78, 5) is 27.0. The third-order valence-corrected chi connectivity index (χ3v) is 4.99. The van der Waals surface area contributed by atoms with E-state index >= 15 is 0 Å². The van der Waals surface area contributed by atoms with Crippen molar-refractivity contribution in [2.45, 2.75) is 51.7 Å². The highest BCUT2D eigenvalue weighted by atomic mass is 16.5. The fourth-order valence-corrected chi connectivity index (χ4v) is 3.60. The summed E-state index contributed by atoms with van der Waals surface area (Å²) in [6.45, 7) is 9.78. The molecule has 1 aliphatic rings. The summed E-state index contributed by atoms with van der Waals surface area (Å²) in [7, 11) is 1.40. The van der Waals surface area contributed by atoms with E-state index in [4.69, 9.17) is 4.74 Å². The summed E-state index contributed by atoms with van der Waals surface area (Å²) < 4.78 is 4.87. The Bertz CT molecular complexity index is 615. The first kappa shape index (κ1) is 19.2. The quantitative estimate of drug-likeness (QED) is 0.847. The standard InChI is InChI=1S/C19H28N2O4/c1-13-10-20(11-14(2)21(13)18(23)24)12-15-6-8-16(9-7-15)19(3,4)17(22)25-5/h6-9,13-14H,10-12H2,1-5H3,(H,23,24)/t13-,14+. The number of benzene rings is 1. The minimum atomic E-state index is -0.853. The molecule has 0 unspecified atom stereocenters. The Morgan fingerprint density at radius 1 is 1.16 bits per heavy atom. The molecule has 0 spiro atoms. The average Bonchev–Trinajstić information content (AvgIpc) is 2.53. The van der Waals surface area contributed by atoms with Gasteiger partial charge in [-0.25, -0.2) is 4.79 Å². The lowest BCUT2D eigenvalue weighted by atomic mass is 9.84. The topological polar surface area (TPSA) is 70.1 Å². The molecule has 1 heterocycles. The molecule has 25 heavy (non-hydrogen) atoms. The number of piperazine rings is 1. The van der Waals surface area contributed by atoms with E-state index in [9.17, 15) is 14.7 Å². The van der Waals surface area contributed by atoms with Crippen LogP contribution in [-0.4, -0.2) is 59.3 Å². The summed E-state index contributed by atoms with van der Waals surface area (Å²) >= 11 is 0. The van der Waals surface area contributed by atoms with Gasteiger partial charge >= 0.3 is 12.1 Å². The number of ether oxygens (including phenoxy) is 1. The first-order valence-electron chi connectivity index (χ1n) is 8.58. The van der Waals surface area contributed by atoms with Gasteiger partial charge in [-0.3, -0.25) is 9.69 Å². The maximum Gasteiger partial charge on any atom is 0.407 e. The molecule has 1 N–H and O–H groups in total. The van der Waals surface area contributed by atoms with Gasteiger partial charge in [-0.05, 0) is 38.8 Å². The number of hydrogen-bond donors (Lipinski definition) is 1. The van der Waals surface area contributed by atoms with Crippen LogP contribution in [0.15, 0.2) is 24.3 Å². The molecule has 1 aliphatic heterocycles. The third-order valence-electron chi connectivity index (χ3n) is 4.99. The molecule has 0 bridgehead atoms. The maximum absolute atomic E-state index is 11.9. The van der Waals surface area contributed by atoms with Crippen molar-refractivity contribution in [3.05, 3.63) is 35.4 Å². The number of carbonyl (C=O) groups is 2. The highest BCUT2D eigenvalue weighted by Crippen LogP contribution is 2.25. The summed E-state index contributed by atoms with van der Waals surface area (Å²) in [5.41, 5.74) is 1.39. The summed E-state index contributed by atoms with van der Waals surface area (Å²) in [6.07, 6.45) is -0.853. The summed E-state index contributed by atoms with van der Waals surface area (Å²) in [6, 6.07) is 7.93. The Balaban J connectivity index is 2.05. The van der Waals surface area contributed by atoms with Gasteiger partial charge in [-0.2, -0.15) is 0 Å². The smallest absolute Gasteiger partial charge is 0.407 e. The molecule has 1 aromatic rings. The van der Waals surface area contributed by atoms with Gasteiger partial charge in [0, 0.05) is 31.7 Å². The molecule has 6 nitrogen and oxygen atoms in total. The van der Waals surface area contributed by atoms with Crippen LogP contribution >= 0.6 is 0 Å². The van der Waals surface area contributed by atoms with Crippen LogP contribution < -0.4 is 0 Å². The molecule has 0 saturated carbocycles. The molecule has 138 valence electrons. The van der Waals surface area contributed by atoms with Crippen molar-refractivity contribution in [2.75, 3.05) is 20.2 Å². The van der Waals surface area contributed by atoms with Gasteiger partial charge in [0.2, 0.25) is 0 Å². The molecule has 2 atom stereocenters. The van der Waals surface area contributed by atoms with E-state index in [-0.39, 0.29) is 18.1 Å². The van der Waals surface area contributed by atoms with Crippen molar-refractivity contribution in [3.63, 3.8) is 0 Å². The number of esters is 1. The Kier molecular flexibility index (Phi) is 5.72. The van der Waals surface area contributed by atoms with Crippen LogP contribution in [0.25, 0.3) is 0 Å². The normalized spacial score (nSPS) is 21.9. The van der Waals surface area contributed by atoms with Crippen molar-refractivity contribution in [1.29, 1.82) is 0 Å². The van der Waals surface area contributed by atoms with Crippen LogP contribution in [0.3, 0.4) is 0 Å². The SMILES string of the molecule is COC(=O)C(C)(C)c1ccc(CN2C[C@@H](C)N(C(=O)O)[C@@H](C)C2)cc1.